The van der Waals surface area contributed by atoms with Crippen molar-refractivity contribution < 1.29 is 33.6 Å². The summed E-state index contributed by atoms with van der Waals surface area (Å²) in [5, 5.41) is 10.6. The van der Waals surface area contributed by atoms with E-state index in [0.717, 1.165) is 0 Å². The molecular weight excluding hydrogens is 412 g/mol. The van der Waals surface area contributed by atoms with Crippen molar-refractivity contribution in [1.29, 1.82) is 0 Å². The van der Waals surface area contributed by atoms with Crippen LogP contribution < -0.4 is 9.47 Å². The first kappa shape index (κ1) is 22.7. The summed E-state index contributed by atoms with van der Waals surface area (Å²) in [6, 6.07) is 13.6. The van der Waals surface area contributed by atoms with Gasteiger partial charge in [0.2, 0.25) is 11.4 Å². The number of para-hydroxylation sites is 1. The Labute approximate surface area is 186 Å². The van der Waals surface area contributed by atoms with Gasteiger partial charge in [-0.1, -0.05) is 55.6 Å². The summed E-state index contributed by atoms with van der Waals surface area (Å²) in [7, 11) is 1.19. The first-order valence-corrected chi connectivity index (χ1v) is 9.88. The number of esters is 2. The monoisotopic (exact) mass is 436 g/mol. The Kier molecular flexibility index (Phi) is 7.00. The largest absolute Gasteiger partial charge is 0.502 e. The van der Waals surface area contributed by atoms with E-state index in [2.05, 4.69) is 13.2 Å². The van der Waals surface area contributed by atoms with Gasteiger partial charge in [-0.15, -0.1) is 0 Å². The highest BCUT2D eigenvalue weighted by atomic mass is 16.6. The Balaban J connectivity index is 2.08. The Morgan fingerprint density at radius 1 is 1.06 bits per heavy atom. The number of carbonyl (C=O) groups excluding carboxylic acids is 2. The van der Waals surface area contributed by atoms with E-state index in [9.17, 15) is 14.7 Å². The summed E-state index contributed by atoms with van der Waals surface area (Å²) >= 11 is 0. The highest BCUT2D eigenvalue weighted by molar-refractivity contribution is 6.11. The lowest BCUT2D eigenvalue weighted by atomic mass is 9.83. The molecule has 0 aliphatic carbocycles. The van der Waals surface area contributed by atoms with Gasteiger partial charge in [0.05, 0.1) is 12.7 Å². The van der Waals surface area contributed by atoms with Gasteiger partial charge in [0, 0.05) is 6.42 Å². The van der Waals surface area contributed by atoms with E-state index < -0.39 is 23.3 Å². The summed E-state index contributed by atoms with van der Waals surface area (Å²) in [6.45, 7) is 7.81. The predicted octanol–water partition coefficient (Wildman–Crippen LogP) is 3.80. The molecule has 1 heterocycles. The number of benzene rings is 2. The van der Waals surface area contributed by atoms with Crippen LogP contribution in [0, 0.1) is 0 Å². The molecule has 0 saturated heterocycles. The maximum absolute atomic E-state index is 13.0. The molecule has 0 saturated carbocycles. The zero-order valence-electron chi connectivity index (χ0n) is 17.7. The molecule has 2 aromatic carbocycles. The first-order valence-electron chi connectivity index (χ1n) is 9.88. The molecule has 0 bridgehead atoms. The average molecular weight is 436 g/mol. The molecule has 3 rings (SSSR count). The molecule has 1 atom stereocenters. The number of methoxy groups -OCH3 is 1. The van der Waals surface area contributed by atoms with Gasteiger partial charge < -0.3 is 24.1 Å². The number of hydrogen-bond acceptors (Lipinski definition) is 7. The smallest absolute Gasteiger partial charge is 0.375 e. The van der Waals surface area contributed by atoms with Gasteiger partial charge in [0.25, 0.3) is 0 Å². The van der Waals surface area contributed by atoms with Crippen LogP contribution in [0.25, 0.3) is 5.57 Å². The average Bonchev–Trinajstić information content (AvgIpc) is 3.07. The second-order valence-corrected chi connectivity index (χ2v) is 6.94. The van der Waals surface area contributed by atoms with E-state index in [1.165, 1.54) is 7.11 Å². The molecule has 0 fully saturated rings. The minimum Gasteiger partial charge on any atom is -0.502 e. The second kappa shape index (κ2) is 9.87. The summed E-state index contributed by atoms with van der Waals surface area (Å²) in [4.78, 5) is 25.4. The summed E-state index contributed by atoms with van der Waals surface area (Å²) < 4.78 is 21.7. The van der Waals surface area contributed by atoms with Crippen molar-refractivity contribution in [1.82, 2.24) is 0 Å². The topological polar surface area (TPSA) is 91.3 Å². The predicted molar refractivity (Wildman–Crippen MR) is 118 cm³/mol. The summed E-state index contributed by atoms with van der Waals surface area (Å²) in [5.41, 5.74) is -0.879. The minimum atomic E-state index is -1.90. The molecule has 7 heteroatoms. The van der Waals surface area contributed by atoms with Gasteiger partial charge in [-0.25, -0.2) is 9.59 Å². The van der Waals surface area contributed by atoms with Crippen LogP contribution in [0.3, 0.4) is 0 Å². The lowest BCUT2D eigenvalue weighted by Gasteiger charge is -2.28. The van der Waals surface area contributed by atoms with Gasteiger partial charge in [0.1, 0.15) is 24.7 Å². The molecule has 2 aromatic rings. The van der Waals surface area contributed by atoms with Crippen molar-refractivity contribution in [2.75, 3.05) is 20.3 Å². The number of ether oxygens (including phenoxy) is 4. The number of rotatable bonds is 10. The fourth-order valence-electron chi connectivity index (χ4n) is 3.51. The first-order chi connectivity index (χ1) is 15.5. The van der Waals surface area contributed by atoms with Crippen molar-refractivity contribution >= 4 is 17.5 Å². The zero-order valence-corrected chi connectivity index (χ0v) is 17.7. The molecule has 1 aliphatic rings. The van der Waals surface area contributed by atoms with Gasteiger partial charge in [-0.3, -0.25) is 0 Å². The van der Waals surface area contributed by atoms with Crippen LogP contribution in [0.1, 0.15) is 11.1 Å². The molecule has 166 valence electrons. The van der Waals surface area contributed by atoms with Crippen LogP contribution in [-0.2, 0) is 25.5 Å². The quantitative estimate of drug-likeness (QED) is 0.447. The highest BCUT2D eigenvalue weighted by Gasteiger charge is 2.56. The molecule has 0 spiro atoms. The van der Waals surface area contributed by atoms with Crippen LogP contribution in [0.2, 0.25) is 0 Å². The lowest BCUT2D eigenvalue weighted by molar-refractivity contribution is -0.169. The van der Waals surface area contributed by atoms with Crippen LogP contribution in [0.15, 0.2) is 79.6 Å². The third-order valence-electron chi connectivity index (χ3n) is 4.90. The van der Waals surface area contributed by atoms with Crippen molar-refractivity contribution in [3.05, 3.63) is 90.7 Å². The third-order valence-corrected chi connectivity index (χ3v) is 4.90. The highest BCUT2D eigenvalue weighted by Crippen LogP contribution is 2.43. The Hall–Kier alpha value is -4.00. The molecule has 0 radical (unpaired) electrons. The van der Waals surface area contributed by atoms with E-state index in [4.69, 9.17) is 18.9 Å². The number of aliphatic hydroxyl groups is 1. The Morgan fingerprint density at radius 3 is 2.38 bits per heavy atom. The Morgan fingerprint density at radius 2 is 1.72 bits per heavy atom. The van der Waals surface area contributed by atoms with Crippen LogP contribution in [0.4, 0.5) is 0 Å². The van der Waals surface area contributed by atoms with E-state index in [1.807, 2.05) is 0 Å². The molecular formula is C25H24O7. The van der Waals surface area contributed by atoms with Gasteiger partial charge in [-0.05, 0) is 29.3 Å². The van der Waals surface area contributed by atoms with E-state index in [0.29, 0.717) is 29.2 Å². The molecule has 1 N–H and O–H groups in total. The standard InChI is InChI=1S/C25H24O7/c1-4-14-30-19-12-10-17(11-13-19)21-22(26)23(27)32-25(21,24(28)29-3)16-18-8-6-7-9-20(18)31-15-5-2/h4-13,26H,1-2,14-16H2,3H3. The van der Waals surface area contributed by atoms with Crippen molar-refractivity contribution in [3.8, 4) is 11.5 Å². The zero-order chi connectivity index (χ0) is 23.1. The van der Waals surface area contributed by atoms with E-state index in [-0.39, 0.29) is 18.6 Å². The molecule has 32 heavy (non-hydrogen) atoms. The van der Waals surface area contributed by atoms with Gasteiger partial charge in [0.15, 0.2) is 0 Å². The van der Waals surface area contributed by atoms with Crippen LogP contribution >= 0.6 is 0 Å². The fourth-order valence-corrected chi connectivity index (χ4v) is 3.51. The Bertz CT molecular complexity index is 1050. The second-order valence-electron chi connectivity index (χ2n) is 6.94. The van der Waals surface area contributed by atoms with E-state index >= 15 is 0 Å². The summed E-state index contributed by atoms with van der Waals surface area (Å²) in [5.74, 6) is -1.44. The minimum absolute atomic E-state index is 0.0168. The fraction of sp³-hybridized carbons (Fsp3) is 0.200. The summed E-state index contributed by atoms with van der Waals surface area (Å²) in [6.07, 6.45) is 3.10. The molecule has 1 unspecified atom stereocenters. The SMILES string of the molecule is C=CCOc1ccc(C2=C(O)C(=O)OC2(Cc2ccccc2OCC=C)C(=O)OC)cc1. The number of aliphatic hydroxyl groups excluding tert-OH is 1. The molecule has 0 aromatic heterocycles. The number of cyclic esters (lactones) is 1. The maximum Gasteiger partial charge on any atom is 0.375 e. The van der Waals surface area contributed by atoms with Crippen molar-refractivity contribution in [3.63, 3.8) is 0 Å². The molecule has 1 aliphatic heterocycles. The maximum atomic E-state index is 13.0. The van der Waals surface area contributed by atoms with Crippen molar-refractivity contribution in [2.24, 2.45) is 0 Å². The van der Waals surface area contributed by atoms with Crippen LogP contribution in [0.5, 0.6) is 11.5 Å². The number of hydrogen-bond donors (Lipinski definition) is 1. The molecule has 0 amide bonds. The molecule has 7 nitrogen and oxygen atoms in total. The normalized spacial score (nSPS) is 17.5. The van der Waals surface area contributed by atoms with Gasteiger partial charge in [-0.2, -0.15) is 0 Å². The third kappa shape index (κ3) is 4.37. The van der Waals surface area contributed by atoms with Gasteiger partial charge >= 0.3 is 11.9 Å². The number of carbonyl (C=O) groups is 2. The lowest BCUT2D eigenvalue weighted by Crippen LogP contribution is -2.44. The van der Waals surface area contributed by atoms with Crippen molar-refractivity contribution in [2.45, 2.75) is 12.0 Å². The van der Waals surface area contributed by atoms with Crippen LogP contribution in [-0.4, -0.2) is 43.0 Å². The van der Waals surface area contributed by atoms with E-state index in [1.54, 1.807) is 60.7 Å².